The topological polar surface area (TPSA) is 88.4 Å². The van der Waals surface area contributed by atoms with Crippen molar-refractivity contribution in [2.75, 3.05) is 42.6 Å². The number of piperazine rings is 1. The van der Waals surface area contributed by atoms with Gasteiger partial charge in [0, 0.05) is 31.7 Å². The summed E-state index contributed by atoms with van der Waals surface area (Å²) in [6.07, 6.45) is 1.38. The van der Waals surface area contributed by atoms with Crippen LogP contribution in [-0.2, 0) is 16.3 Å². The molecular weight excluding hydrogens is 529 g/mol. The molecule has 1 atom stereocenters. The van der Waals surface area contributed by atoms with Gasteiger partial charge < -0.3 is 9.80 Å². The number of para-hydroxylation sites is 1. The van der Waals surface area contributed by atoms with Gasteiger partial charge in [0.25, 0.3) is 5.91 Å². The number of aryl methyl sites for hydroxylation is 2. The van der Waals surface area contributed by atoms with Crippen LogP contribution >= 0.6 is 0 Å². The summed E-state index contributed by atoms with van der Waals surface area (Å²) in [7, 11) is -3.14. The van der Waals surface area contributed by atoms with Gasteiger partial charge in [0.05, 0.1) is 45.6 Å². The number of hydrogen-bond acceptors (Lipinski definition) is 6. The van der Waals surface area contributed by atoms with E-state index in [4.69, 9.17) is 10.1 Å². The number of halogens is 1. The van der Waals surface area contributed by atoms with Crippen LogP contribution < -0.4 is 4.90 Å². The Hall–Kier alpha value is -3.79. The molecule has 0 bridgehead atoms. The van der Waals surface area contributed by atoms with E-state index < -0.39 is 9.84 Å². The number of aromatic nitrogens is 3. The number of fused-ring (bicyclic) bond motifs is 1. The number of amides is 1. The number of anilines is 1. The predicted molar refractivity (Wildman–Crippen MR) is 154 cm³/mol. The van der Waals surface area contributed by atoms with Crippen LogP contribution in [0.15, 0.2) is 54.6 Å². The molecule has 2 aromatic heterocycles. The summed E-state index contributed by atoms with van der Waals surface area (Å²) in [5.41, 5.74) is 4.95. The number of sulfone groups is 1. The minimum atomic E-state index is -3.14. The number of hydrogen-bond donors (Lipinski definition) is 0. The third-order valence-electron chi connectivity index (χ3n) is 8.04. The number of carbonyl (C=O) groups excluding carboxylic acids is 1. The average molecular weight is 562 g/mol. The van der Waals surface area contributed by atoms with E-state index in [0.29, 0.717) is 66.3 Å². The molecule has 2 aliphatic rings. The van der Waals surface area contributed by atoms with E-state index in [9.17, 15) is 17.6 Å². The van der Waals surface area contributed by atoms with Gasteiger partial charge in [0.1, 0.15) is 5.82 Å². The molecule has 2 aromatic carbocycles. The lowest BCUT2D eigenvalue weighted by Gasteiger charge is -2.36. The van der Waals surface area contributed by atoms with Crippen molar-refractivity contribution in [1.29, 1.82) is 0 Å². The lowest BCUT2D eigenvalue weighted by Crippen LogP contribution is -2.49. The first-order valence-electron chi connectivity index (χ1n) is 13.7. The van der Waals surface area contributed by atoms with E-state index in [1.54, 1.807) is 21.7 Å². The van der Waals surface area contributed by atoms with Crippen molar-refractivity contribution in [1.82, 2.24) is 19.7 Å². The Morgan fingerprint density at radius 3 is 2.42 bits per heavy atom. The molecule has 2 aliphatic heterocycles. The standard InChI is InChI=1S/C30H32FN5O3S/c1-3-21-8-10-22(11-9-21)26-18-24(28-20(2)33-36(29(28)32-26)23-12-17-40(38,39)19-23)30(37)35-15-13-34(14-16-35)27-7-5-4-6-25(27)31/h4-11,18,23H,3,12-17,19H2,1-2H3. The zero-order valence-corrected chi connectivity index (χ0v) is 23.5. The zero-order chi connectivity index (χ0) is 28.0. The average Bonchev–Trinajstić information content (AvgIpc) is 3.50. The minimum absolute atomic E-state index is 0.0155. The SMILES string of the molecule is CCc1ccc(-c2cc(C(=O)N3CCN(c4ccccc4F)CC3)c3c(C)nn(C4CCS(=O)(=O)C4)c3n2)cc1. The fourth-order valence-electron chi connectivity index (χ4n) is 5.79. The van der Waals surface area contributed by atoms with Crippen LogP contribution in [0.2, 0.25) is 0 Å². The second kappa shape index (κ2) is 10.3. The third-order valence-corrected chi connectivity index (χ3v) is 9.79. The molecule has 1 amide bonds. The number of benzene rings is 2. The van der Waals surface area contributed by atoms with Crippen LogP contribution in [-0.4, -0.2) is 71.7 Å². The van der Waals surface area contributed by atoms with Gasteiger partial charge in [-0.1, -0.05) is 43.3 Å². The van der Waals surface area contributed by atoms with E-state index in [2.05, 4.69) is 19.1 Å². The summed E-state index contributed by atoms with van der Waals surface area (Å²) < 4.78 is 40.7. The maximum Gasteiger partial charge on any atom is 0.254 e. The highest BCUT2D eigenvalue weighted by atomic mass is 32.2. The molecule has 4 heterocycles. The van der Waals surface area contributed by atoms with Crippen LogP contribution in [0.4, 0.5) is 10.1 Å². The first kappa shape index (κ1) is 26.4. The van der Waals surface area contributed by atoms with Crippen molar-refractivity contribution < 1.29 is 17.6 Å². The molecule has 4 aromatic rings. The molecule has 0 saturated carbocycles. The highest BCUT2D eigenvalue weighted by Gasteiger charge is 2.33. The summed E-state index contributed by atoms with van der Waals surface area (Å²) in [5, 5.41) is 5.37. The Kier molecular flexibility index (Phi) is 6.82. The van der Waals surface area contributed by atoms with Gasteiger partial charge in [0.15, 0.2) is 15.5 Å². The Morgan fingerprint density at radius 2 is 1.77 bits per heavy atom. The summed E-state index contributed by atoms with van der Waals surface area (Å²) in [4.78, 5) is 22.8. The normalized spacial score (nSPS) is 18.9. The van der Waals surface area contributed by atoms with Gasteiger partial charge in [0.2, 0.25) is 0 Å². The molecule has 2 saturated heterocycles. The molecular formula is C30H32FN5O3S. The number of nitrogens with zero attached hydrogens (tertiary/aromatic N) is 5. The van der Waals surface area contributed by atoms with Crippen LogP contribution in [0.25, 0.3) is 22.3 Å². The summed E-state index contributed by atoms with van der Waals surface area (Å²) >= 11 is 0. The van der Waals surface area contributed by atoms with Gasteiger partial charge in [-0.3, -0.25) is 4.79 Å². The largest absolute Gasteiger partial charge is 0.366 e. The van der Waals surface area contributed by atoms with Crippen molar-refractivity contribution in [2.24, 2.45) is 0 Å². The van der Waals surface area contributed by atoms with Gasteiger partial charge in [-0.05, 0) is 43.5 Å². The van der Waals surface area contributed by atoms with Crippen LogP contribution in [0.1, 0.15) is 41.0 Å². The maximum absolute atomic E-state index is 14.4. The Bertz CT molecular complexity index is 1690. The number of rotatable bonds is 5. The molecule has 0 spiro atoms. The molecule has 10 heteroatoms. The lowest BCUT2D eigenvalue weighted by molar-refractivity contribution is 0.0748. The lowest BCUT2D eigenvalue weighted by atomic mass is 10.0. The molecule has 6 rings (SSSR count). The van der Waals surface area contributed by atoms with E-state index in [-0.39, 0.29) is 29.3 Å². The number of carbonyl (C=O) groups is 1. The van der Waals surface area contributed by atoms with Crippen molar-refractivity contribution in [3.63, 3.8) is 0 Å². The predicted octanol–water partition coefficient (Wildman–Crippen LogP) is 4.43. The second-order valence-electron chi connectivity index (χ2n) is 10.6. The molecule has 0 radical (unpaired) electrons. The highest BCUT2D eigenvalue weighted by molar-refractivity contribution is 7.91. The van der Waals surface area contributed by atoms with E-state index in [1.807, 2.05) is 36.1 Å². The smallest absolute Gasteiger partial charge is 0.254 e. The van der Waals surface area contributed by atoms with Gasteiger partial charge >= 0.3 is 0 Å². The van der Waals surface area contributed by atoms with Gasteiger partial charge in [-0.15, -0.1) is 0 Å². The first-order valence-corrected chi connectivity index (χ1v) is 15.5. The van der Waals surface area contributed by atoms with Crippen LogP contribution in [0.3, 0.4) is 0 Å². The molecule has 208 valence electrons. The second-order valence-corrected chi connectivity index (χ2v) is 12.9. The van der Waals surface area contributed by atoms with Crippen LogP contribution in [0.5, 0.6) is 0 Å². The highest BCUT2D eigenvalue weighted by Crippen LogP contribution is 2.33. The van der Waals surface area contributed by atoms with Crippen molar-refractivity contribution in [2.45, 2.75) is 32.7 Å². The third kappa shape index (κ3) is 4.85. The van der Waals surface area contributed by atoms with E-state index in [1.165, 1.54) is 11.6 Å². The van der Waals surface area contributed by atoms with Gasteiger partial charge in [-0.25, -0.2) is 22.5 Å². The molecule has 2 fully saturated rings. The van der Waals surface area contributed by atoms with Crippen molar-refractivity contribution in [3.05, 3.63) is 77.2 Å². The fourth-order valence-corrected chi connectivity index (χ4v) is 7.48. The quantitative estimate of drug-likeness (QED) is 0.358. The van der Waals surface area contributed by atoms with E-state index >= 15 is 0 Å². The molecule has 40 heavy (non-hydrogen) atoms. The maximum atomic E-state index is 14.4. The summed E-state index contributed by atoms with van der Waals surface area (Å²) in [5.74, 6) is -0.266. The van der Waals surface area contributed by atoms with E-state index in [0.717, 1.165) is 12.0 Å². The van der Waals surface area contributed by atoms with Gasteiger partial charge in [-0.2, -0.15) is 5.10 Å². The number of pyridine rings is 1. The molecule has 0 aliphatic carbocycles. The molecule has 1 unspecified atom stereocenters. The summed E-state index contributed by atoms with van der Waals surface area (Å²) in [6, 6.07) is 16.3. The monoisotopic (exact) mass is 561 g/mol. The zero-order valence-electron chi connectivity index (χ0n) is 22.7. The summed E-state index contributed by atoms with van der Waals surface area (Å²) in [6.45, 7) is 5.87. The van der Waals surface area contributed by atoms with Crippen LogP contribution in [0, 0.1) is 12.7 Å². The minimum Gasteiger partial charge on any atom is -0.366 e. The first-order chi connectivity index (χ1) is 19.2. The Labute approximate surface area is 233 Å². The molecule has 8 nitrogen and oxygen atoms in total. The Morgan fingerprint density at radius 1 is 1.05 bits per heavy atom. The van der Waals surface area contributed by atoms with Crippen molar-refractivity contribution >= 4 is 32.5 Å². The fraction of sp³-hybridized carbons (Fsp3) is 0.367. The molecule has 0 N–H and O–H groups in total. The van der Waals surface area contributed by atoms with Crippen molar-refractivity contribution in [3.8, 4) is 11.3 Å². The Balaban J connectivity index is 1.39.